The van der Waals surface area contributed by atoms with E-state index < -0.39 is 0 Å². The van der Waals surface area contributed by atoms with Crippen LogP contribution in [0.2, 0.25) is 10.0 Å². The van der Waals surface area contributed by atoms with Crippen LogP contribution >= 0.6 is 47.2 Å². The van der Waals surface area contributed by atoms with Crippen molar-refractivity contribution in [2.24, 2.45) is 0 Å². The first kappa shape index (κ1) is 22.7. The van der Waals surface area contributed by atoms with Gasteiger partial charge in [0.25, 0.3) is 5.91 Å². The molecular formula is C24H17Cl2NO3S2. The van der Waals surface area contributed by atoms with E-state index in [9.17, 15) is 4.79 Å². The summed E-state index contributed by atoms with van der Waals surface area (Å²) in [6, 6.07) is 19.0. The summed E-state index contributed by atoms with van der Waals surface area (Å²) in [7, 11) is 1.58. The molecule has 4 nitrogen and oxygen atoms in total. The van der Waals surface area contributed by atoms with Gasteiger partial charge in [-0.25, -0.2) is 0 Å². The van der Waals surface area contributed by atoms with E-state index in [0.29, 0.717) is 42.9 Å². The number of carbonyl (C=O) groups excluding carboxylic acids is 1. The molecule has 3 aromatic rings. The second kappa shape index (κ2) is 9.96. The molecule has 1 amide bonds. The van der Waals surface area contributed by atoms with Crippen molar-refractivity contribution in [2.75, 3.05) is 7.11 Å². The van der Waals surface area contributed by atoms with Crippen molar-refractivity contribution in [1.29, 1.82) is 0 Å². The van der Waals surface area contributed by atoms with Crippen LogP contribution in [0.4, 0.5) is 0 Å². The molecule has 0 bridgehead atoms. The van der Waals surface area contributed by atoms with E-state index in [1.54, 1.807) is 25.3 Å². The lowest BCUT2D eigenvalue weighted by Gasteiger charge is -2.16. The fourth-order valence-electron chi connectivity index (χ4n) is 3.17. The first-order valence-corrected chi connectivity index (χ1v) is 11.5. The Morgan fingerprint density at radius 1 is 1.03 bits per heavy atom. The lowest BCUT2D eigenvalue weighted by atomic mass is 10.0. The number of hydrogen-bond donors (Lipinski definition) is 1. The van der Waals surface area contributed by atoms with E-state index in [0.717, 1.165) is 16.7 Å². The fraction of sp³-hybridized carbons (Fsp3) is 0.0833. The molecule has 0 aromatic heterocycles. The summed E-state index contributed by atoms with van der Waals surface area (Å²) in [5, 5.41) is 3.56. The molecule has 162 valence electrons. The molecule has 0 radical (unpaired) electrons. The molecule has 0 spiro atoms. The lowest BCUT2D eigenvalue weighted by molar-refractivity contribution is -0.115. The summed E-state index contributed by atoms with van der Waals surface area (Å²) in [5.41, 5.74) is 3.39. The molecule has 0 unspecified atom stereocenters. The second-order valence-corrected chi connectivity index (χ2v) is 9.39. The van der Waals surface area contributed by atoms with Crippen molar-refractivity contribution in [1.82, 2.24) is 5.32 Å². The number of benzene rings is 3. The number of amides is 1. The smallest absolute Gasteiger partial charge is 0.263 e. The maximum absolute atomic E-state index is 12.3. The van der Waals surface area contributed by atoms with Gasteiger partial charge in [-0.15, -0.1) is 0 Å². The van der Waals surface area contributed by atoms with Gasteiger partial charge in [-0.1, -0.05) is 83.6 Å². The average Bonchev–Trinajstić information content (AvgIpc) is 3.11. The number of rotatable bonds is 6. The zero-order valence-electron chi connectivity index (χ0n) is 16.9. The summed E-state index contributed by atoms with van der Waals surface area (Å²) in [6.45, 7) is 0.344. The van der Waals surface area contributed by atoms with E-state index in [-0.39, 0.29) is 5.91 Å². The number of halogens is 2. The van der Waals surface area contributed by atoms with Crippen molar-refractivity contribution in [3.05, 3.63) is 86.7 Å². The zero-order valence-corrected chi connectivity index (χ0v) is 20.0. The quantitative estimate of drug-likeness (QED) is 0.299. The summed E-state index contributed by atoms with van der Waals surface area (Å²) in [4.78, 5) is 12.8. The predicted octanol–water partition coefficient (Wildman–Crippen LogP) is 6.74. The highest BCUT2D eigenvalue weighted by atomic mass is 35.5. The van der Waals surface area contributed by atoms with Gasteiger partial charge in [-0.05, 0) is 47.0 Å². The Morgan fingerprint density at radius 2 is 1.81 bits per heavy atom. The fourth-order valence-corrected chi connectivity index (χ4v) is 4.50. The number of ether oxygens (including phenoxy) is 2. The molecule has 32 heavy (non-hydrogen) atoms. The Balaban J connectivity index is 1.81. The third-order valence-corrected chi connectivity index (χ3v) is 6.61. The third-order valence-electron chi connectivity index (χ3n) is 4.71. The molecule has 3 aromatic carbocycles. The summed E-state index contributed by atoms with van der Waals surface area (Å²) < 4.78 is 12.2. The van der Waals surface area contributed by atoms with Gasteiger partial charge in [0.2, 0.25) is 0 Å². The first-order valence-electron chi connectivity index (χ1n) is 9.53. The van der Waals surface area contributed by atoms with Crippen LogP contribution in [0.1, 0.15) is 11.1 Å². The lowest BCUT2D eigenvalue weighted by Crippen LogP contribution is -2.17. The van der Waals surface area contributed by atoms with Crippen LogP contribution in [-0.2, 0) is 11.4 Å². The van der Waals surface area contributed by atoms with E-state index in [1.165, 1.54) is 11.8 Å². The topological polar surface area (TPSA) is 47.6 Å². The zero-order chi connectivity index (χ0) is 22.7. The molecule has 8 heteroatoms. The molecule has 1 aliphatic rings. The molecule has 0 aliphatic carbocycles. The minimum atomic E-state index is -0.243. The molecule has 1 N–H and O–H groups in total. The van der Waals surface area contributed by atoms with Gasteiger partial charge in [0.1, 0.15) is 10.9 Å². The minimum absolute atomic E-state index is 0.243. The van der Waals surface area contributed by atoms with E-state index >= 15 is 0 Å². The van der Waals surface area contributed by atoms with Crippen molar-refractivity contribution < 1.29 is 14.3 Å². The standard InChI is InChI=1S/C24H17Cl2NO3S2/c1-29-20-11-16(15-7-8-18(25)19(26)10-15)9-17(12-21-23(28)27-24(31)32-21)22(20)30-13-14-5-3-2-4-6-14/h2-12H,13H2,1H3,(H,27,28,31)/b21-12-. The molecule has 1 saturated heterocycles. The number of nitrogens with one attached hydrogen (secondary N) is 1. The predicted molar refractivity (Wildman–Crippen MR) is 136 cm³/mol. The highest BCUT2D eigenvalue weighted by Crippen LogP contribution is 2.40. The minimum Gasteiger partial charge on any atom is -0.493 e. The maximum atomic E-state index is 12.3. The van der Waals surface area contributed by atoms with Crippen LogP contribution in [0.5, 0.6) is 11.5 Å². The van der Waals surface area contributed by atoms with Crippen LogP contribution in [0, 0.1) is 0 Å². The van der Waals surface area contributed by atoms with Crippen molar-refractivity contribution in [3.63, 3.8) is 0 Å². The molecule has 1 heterocycles. The van der Waals surface area contributed by atoms with Crippen molar-refractivity contribution in [2.45, 2.75) is 6.61 Å². The molecule has 1 aliphatic heterocycles. The van der Waals surface area contributed by atoms with Gasteiger partial charge in [0.05, 0.1) is 22.1 Å². The van der Waals surface area contributed by atoms with Crippen LogP contribution in [0.25, 0.3) is 17.2 Å². The van der Waals surface area contributed by atoms with E-state index in [2.05, 4.69) is 5.32 Å². The van der Waals surface area contributed by atoms with Crippen LogP contribution < -0.4 is 14.8 Å². The third kappa shape index (κ3) is 5.10. The Bertz CT molecular complexity index is 1230. The van der Waals surface area contributed by atoms with Gasteiger partial charge < -0.3 is 14.8 Å². The average molecular weight is 502 g/mol. The van der Waals surface area contributed by atoms with Crippen LogP contribution in [0.3, 0.4) is 0 Å². The van der Waals surface area contributed by atoms with Crippen LogP contribution in [-0.4, -0.2) is 17.3 Å². The number of thiocarbonyl (C=S) groups is 1. The molecular weight excluding hydrogens is 485 g/mol. The monoisotopic (exact) mass is 501 g/mol. The molecule has 0 saturated carbocycles. The number of hydrogen-bond acceptors (Lipinski definition) is 5. The molecule has 1 fully saturated rings. The first-order chi connectivity index (χ1) is 15.4. The van der Waals surface area contributed by atoms with Gasteiger partial charge in [0.15, 0.2) is 11.5 Å². The van der Waals surface area contributed by atoms with Crippen LogP contribution in [0.15, 0.2) is 65.6 Å². The van der Waals surface area contributed by atoms with E-state index in [4.69, 9.17) is 44.9 Å². The Kier molecular flexibility index (Phi) is 7.06. The van der Waals surface area contributed by atoms with Gasteiger partial charge in [-0.3, -0.25) is 4.79 Å². The summed E-state index contributed by atoms with van der Waals surface area (Å²) in [5.74, 6) is 0.814. The number of thioether (sulfide) groups is 1. The van der Waals surface area contributed by atoms with E-state index in [1.807, 2.05) is 48.5 Å². The molecule has 0 atom stereocenters. The normalized spacial score (nSPS) is 14.5. The number of methoxy groups -OCH3 is 1. The Morgan fingerprint density at radius 3 is 2.47 bits per heavy atom. The maximum Gasteiger partial charge on any atom is 0.263 e. The Labute approximate surface area is 205 Å². The largest absolute Gasteiger partial charge is 0.493 e. The van der Waals surface area contributed by atoms with Crippen molar-refractivity contribution in [3.8, 4) is 22.6 Å². The van der Waals surface area contributed by atoms with Gasteiger partial charge in [-0.2, -0.15) is 0 Å². The highest BCUT2D eigenvalue weighted by Gasteiger charge is 2.24. The summed E-state index contributed by atoms with van der Waals surface area (Å²) >= 11 is 18.6. The number of carbonyl (C=O) groups is 1. The van der Waals surface area contributed by atoms with Crippen molar-refractivity contribution >= 4 is 63.5 Å². The SMILES string of the molecule is COc1cc(-c2ccc(Cl)c(Cl)c2)cc(/C=C2\SC(=S)NC2=O)c1OCc1ccccc1. The highest BCUT2D eigenvalue weighted by molar-refractivity contribution is 8.26. The second-order valence-electron chi connectivity index (χ2n) is 6.85. The van der Waals surface area contributed by atoms with Gasteiger partial charge >= 0.3 is 0 Å². The van der Waals surface area contributed by atoms with Gasteiger partial charge in [0, 0.05) is 5.56 Å². The Hall–Kier alpha value is -2.51. The molecule has 4 rings (SSSR count). The summed E-state index contributed by atoms with van der Waals surface area (Å²) in [6.07, 6.45) is 1.75.